The summed E-state index contributed by atoms with van der Waals surface area (Å²) in [4.78, 5) is 40.1. The molecule has 0 aromatic carbocycles. The predicted molar refractivity (Wildman–Crippen MR) is 252 cm³/mol. The maximum atomic E-state index is 13.6. The van der Waals surface area contributed by atoms with Crippen molar-refractivity contribution >= 4 is 17.3 Å². The van der Waals surface area contributed by atoms with Crippen LogP contribution in [0.25, 0.3) is 0 Å². The fourth-order valence-corrected chi connectivity index (χ4v) is 8.09. The zero-order valence-electron chi connectivity index (χ0n) is 39.3. The standard InChI is InChI=1S/C53H98O6/c1-4-7-10-13-16-19-22-24-26-28-31-34-37-40-43-46-49(55)53(59,50(56)47-44-41-38-35-32-29-27-25-23-20-17-14-11-8-5-2)52(58)51(57)48(54)45-42-39-36-33-30-21-18-15-12-9-6-3/h24-27,51-52,57-59H,4-23,28-47H2,1-3H3/b26-24-,27-25-. The monoisotopic (exact) mass is 831 g/mol. The molecule has 0 aliphatic rings. The molecule has 0 heterocycles. The normalized spacial score (nSPS) is 13.2. The van der Waals surface area contributed by atoms with E-state index in [1.54, 1.807) is 0 Å². The molecule has 0 fully saturated rings. The minimum Gasteiger partial charge on any atom is -0.386 e. The summed E-state index contributed by atoms with van der Waals surface area (Å²) < 4.78 is 0. The Morgan fingerprint density at radius 2 is 0.610 bits per heavy atom. The van der Waals surface area contributed by atoms with Gasteiger partial charge in [-0.05, 0) is 70.6 Å². The Labute approximate surface area is 365 Å². The Morgan fingerprint density at radius 1 is 0.373 bits per heavy atom. The topological polar surface area (TPSA) is 112 Å². The molecule has 0 saturated carbocycles. The van der Waals surface area contributed by atoms with Gasteiger partial charge in [0.1, 0.15) is 12.2 Å². The van der Waals surface area contributed by atoms with E-state index < -0.39 is 35.2 Å². The maximum Gasteiger partial charge on any atom is 0.210 e. The molecule has 0 amide bonds. The molecule has 0 aromatic rings. The second-order valence-corrected chi connectivity index (χ2v) is 17.9. The number of aliphatic hydroxyl groups excluding tert-OH is 2. The van der Waals surface area contributed by atoms with Crippen LogP contribution in [0.3, 0.4) is 0 Å². The molecule has 6 nitrogen and oxygen atoms in total. The van der Waals surface area contributed by atoms with Crippen LogP contribution in [0.4, 0.5) is 0 Å². The summed E-state index contributed by atoms with van der Waals surface area (Å²) in [5.41, 5.74) is -2.77. The van der Waals surface area contributed by atoms with Crippen LogP contribution in [0.1, 0.15) is 278 Å². The van der Waals surface area contributed by atoms with Gasteiger partial charge in [0.25, 0.3) is 0 Å². The second-order valence-electron chi connectivity index (χ2n) is 17.9. The average Bonchev–Trinajstić information content (AvgIpc) is 3.24. The number of aliphatic hydroxyl groups is 3. The van der Waals surface area contributed by atoms with Crippen molar-refractivity contribution in [3.63, 3.8) is 0 Å². The van der Waals surface area contributed by atoms with Crippen LogP contribution in [0.2, 0.25) is 0 Å². The smallest absolute Gasteiger partial charge is 0.210 e. The van der Waals surface area contributed by atoms with Crippen LogP contribution >= 0.6 is 0 Å². The van der Waals surface area contributed by atoms with E-state index in [1.165, 1.54) is 122 Å². The molecule has 0 aliphatic heterocycles. The van der Waals surface area contributed by atoms with Crippen LogP contribution in [-0.2, 0) is 14.4 Å². The van der Waals surface area contributed by atoms with E-state index in [1.807, 2.05) is 0 Å². The molecule has 0 rings (SSSR count). The van der Waals surface area contributed by atoms with Crippen molar-refractivity contribution in [1.29, 1.82) is 0 Å². The SMILES string of the molecule is CCCCCCCC/C=C\CCCCCCCC(=O)C(O)(C(=O)CCCCCCC/C=C\CCCCCCCC)C(O)C(O)C(=O)CCCCCCCCCCCCC. The maximum absolute atomic E-state index is 13.6. The quantitative estimate of drug-likeness (QED) is 0.0320. The molecule has 0 bridgehead atoms. The minimum absolute atomic E-state index is 0.0518. The highest BCUT2D eigenvalue weighted by molar-refractivity contribution is 6.11. The first-order valence-corrected chi connectivity index (χ1v) is 25.7. The summed E-state index contributed by atoms with van der Waals surface area (Å²) in [5.74, 6) is -2.17. The third kappa shape index (κ3) is 32.7. The number of carbonyl (C=O) groups is 3. The largest absolute Gasteiger partial charge is 0.386 e. The van der Waals surface area contributed by atoms with Gasteiger partial charge in [-0.1, -0.05) is 212 Å². The lowest BCUT2D eigenvalue weighted by molar-refractivity contribution is -0.174. The fourth-order valence-electron chi connectivity index (χ4n) is 8.09. The van der Waals surface area contributed by atoms with Gasteiger partial charge in [-0.25, -0.2) is 0 Å². The van der Waals surface area contributed by atoms with Gasteiger partial charge in [0.15, 0.2) is 17.3 Å². The first-order valence-electron chi connectivity index (χ1n) is 25.7. The second kappa shape index (κ2) is 43.0. The lowest BCUT2D eigenvalue weighted by Crippen LogP contribution is -2.61. The summed E-state index contributed by atoms with van der Waals surface area (Å²) in [6.07, 6.45) is 46.3. The Kier molecular flexibility index (Phi) is 41.8. The van der Waals surface area contributed by atoms with Gasteiger partial charge in [-0.3, -0.25) is 14.4 Å². The summed E-state index contributed by atoms with van der Waals surface area (Å²) in [6, 6.07) is 0. The number of Topliss-reactive ketones (excluding diaryl/α,β-unsaturated/α-hetero) is 3. The third-order valence-electron chi connectivity index (χ3n) is 12.3. The van der Waals surface area contributed by atoms with E-state index in [0.717, 1.165) is 96.3 Å². The van der Waals surface area contributed by atoms with Gasteiger partial charge in [-0.2, -0.15) is 0 Å². The van der Waals surface area contributed by atoms with E-state index in [4.69, 9.17) is 0 Å². The van der Waals surface area contributed by atoms with Gasteiger partial charge in [0, 0.05) is 19.3 Å². The number of hydrogen-bond acceptors (Lipinski definition) is 6. The fraction of sp³-hybridized carbons (Fsp3) is 0.868. The zero-order chi connectivity index (χ0) is 43.5. The van der Waals surface area contributed by atoms with Crippen LogP contribution in [-0.4, -0.2) is 50.5 Å². The van der Waals surface area contributed by atoms with Gasteiger partial charge >= 0.3 is 0 Å². The van der Waals surface area contributed by atoms with Crippen molar-refractivity contribution in [2.45, 2.75) is 295 Å². The predicted octanol–water partition coefficient (Wildman–Crippen LogP) is 14.9. The Bertz CT molecular complexity index is 965. The molecule has 2 atom stereocenters. The molecule has 0 saturated heterocycles. The van der Waals surface area contributed by atoms with Crippen molar-refractivity contribution in [2.24, 2.45) is 0 Å². The number of carbonyl (C=O) groups excluding carboxylic acids is 3. The molecule has 6 heteroatoms. The summed E-state index contributed by atoms with van der Waals surface area (Å²) in [6.45, 7) is 6.72. The van der Waals surface area contributed by atoms with E-state index in [-0.39, 0.29) is 19.3 Å². The van der Waals surface area contributed by atoms with E-state index in [2.05, 4.69) is 45.1 Å². The Hall–Kier alpha value is -1.63. The van der Waals surface area contributed by atoms with Crippen molar-refractivity contribution < 1.29 is 29.7 Å². The van der Waals surface area contributed by atoms with Crippen molar-refractivity contribution in [3.05, 3.63) is 24.3 Å². The first kappa shape index (κ1) is 57.4. The molecule has 0 aromatic heterocycles. The molecule has 346 valence electrons. The number of unbranched alkanes of at least 4 members (excludes halogenated alkanes) is 32. The Balaban J connectivity index is 4.83. The van der Waals surface area contributed by atoms with Gasteiger partial charge < -0.3 is 15.3 Å². The van der Waals surface area contributed by atoms with Gasteiger partial charge in [0.05, 0.1) is 0 Å². The molecule has 0 radical (unpaired) electrons. The van der Waals surface area contributed by atoms with Gasteiger partial charge in [-0.15, -0.1) is 0 Å². The number of allylic oxidation sites excluding steroid dienone is 4. The molecule has 59 heavy (non-hydrogen) atoms. The molecule has 3 N–H and O–H groups in total. The van der Waals surface area contributed by atoms with Crippen LogP contribution in [0.5, 0.6) is 0 Å². The molecule has 2 unspecified atom stereocenters. The summed E-state index contributed by atoms with van der Waals surface area (Å²) in [7, 11) is 0. The van der Waals surface area contributed by atoms with Crippen molar-refractivity contribution in [3.8, 4) is 0 Å². The average molecular weight is 831 g/mol. The third-order valence-corrected chi connectivity index (χ3v) is 12.3. The lowest BCUT2D eigenvalue weighted by Gasteiger charge is -2.32. The molecular weight excluding hydrogens is 733 g/mol. The highest BCUT2D eigenvalue weighted by Crippen LogP contribution is 2.25. The van der Waals surface area contributed by atoms with Gasteiger partial charge in [0.2, 0.25) is 5.60 Å². The zero-order valence-corrected chi connectivity index (χ0v) is 39.3. The lowest BCUT2D eigenvalue weighted by atomic mass is 9.79. The highest BCUT2D eigenvalue weighted by atomic mass is 16.4. The van der Waals surface area contributed by atoms with Crippen LogP contribution in [0.15, 0.2) is 24.3 Å². The Morgan fingerprint density at radius 3 is 0.898 bits per heavy atom. The van der Waals surface area contributed by atoms with Crippen LogP contribution in [0, 0.1) is 0 Å². The van der Waals surface area contributed by atoms with E-state index in [0.29, 0.717) is 19.3 Å². The number of rotatable bonds is 47. The van der Waals surface area contributed by atoms with Crippen LogP contribution < -0.4 is 0 Å². The number of hydrogen-bond donors (Lipinski definition) is 3. The minimum atomic E-state index is -2.77. The van der Waals surface area contributed by atoms with Crippen molar-refractivity contribution in [2.75, 3.05) is 0 Å². The van der Waals surface area contributed by atoms with E-state index in [9.17, 15) is 29.7 Å². The first-order chi connectivity index (χ1) is 28.8. The number of ketones is 3. The van der Waals surface area contributed by atoms with E-state index >= 15 is 0 Å². The molecule has 0 aliphatic carbocycles. The summed E-state index contributed by atoms with van der Waals surface area (Å²) >= 11 is 0. The van der Waals surface area contributed by atoms with Crippen molar-refractivity contribution in [1.82, 2.24) is 0 Å². The summed E-state index contributed by atoms with van der Waals surface area (Å²) in [5, 5.41) is 33.8. The molecular formula is C53H98O6. The molecule has 0 spiro atoms. The highest BCUT2D eigenvalue weighted by Gasteiger charge is 2.52.